The highest BCUT2D eigenvalue weighted by atomic mass is 19.1. The van der Waals surface area contributed by atoms with Crippen LogP contribution in [0.15, 0.2) is 18.2 Å². The second-order valence-corrected chi connectivity index (χ2v) is 5.54. The third-order valence-corrected chi connectivity index (χ3v) is 4.16. The van der Waals surface area contributed by atoms with Gasteiger partial charge in [-0.25, -0.2) is 4.39 Å². The van der Waals surface area contributed by atoms with Crippen molar-refractivity contribution in [3.63, 3.8) is 0 Å². The van der Waals surface area contributed by atoms with Crippen LogP contribution in [-0.4, -0.2) is 29.8 Å². The Morgan fingerprint density at radius 2 is 2.30 bits per heavy atom. The number of benzene rings is 1. The Kier molecular flexibility index (Phi) is 3.61. The van der Waals surface area contributed by atoms with E-state index in [2.05, 4.69) is 5.32 Å². The van der Waals surface area contributed by atoms with Gasteiger partial charge < -0.3 is 15.2 Å². The number of halogens is 1. The number of hydrogen-bond acceptors (Lipinski definition) is 3. The lowest BCUT2D eigenvalue weighted by molar-refractivity contribution is -0.127. The van der Waals surface area contributed by atoms with Crippen LogP contribution in [0.25, 0.3) is 0 Å². The van der Waals surface area contributed by atoms with Gasteiger partial charge in [0.25, 0.3) is 5.91 Å². The molecule has 2 aliphatic rings. The third kappa shape index (κ3) is 2.50. The normalized spacial score (nSPS) is 28.0. The zero-order valence-corrected chi connectivity index (χ0v) is 11.1. The van der Waals surface area contributed by atoms with E-state index >= 15 is 0 Å². The van der Waals surface area contributed by atoms with E-state index in [4.69, 9.17) is 4.74 Å². The molecule has 20 heavy (non-hydrogen) atoms. The Labute approximate surface area is 116 Å². The van der Waals surface area contributed by atoms with Gasteiger partial charge in [-0.05, 0) is 18.9 Å². The molecule has 0 bridgehead atoms. The first kappa shape index (κ1) is 13.4. The fourth-order valence-electron chi connectivity index (χ4n) is 2.98. The van der Waals surface area contributed by atoms with E-state index in [0.717, 1.165) is 24.8 Å². The van der Waals surface area contributed by atoms with Crippen molar-refractivity contribution in [3.05, 3.63) is 29.6 Å². The number of aliphatic hydroxyl groups is 1. The van der Waals surface area contributed by atoms with Gasteiger partial charge in [0.1, 0.15) is 0 Å². The van der Waals surface area contributed by atoms with Crippen LogP contribution < -0.4 is 10.1 Å². The van der Waals surface area contributed by atoms with E-state index in [1.807, 2.05) is 0 Å². The van der Waals surface area contributed by atoms with E-state index in [1.54, 1.807) is 12.1 Å². The molecular formula is C15H18FNO3. The molecule has 3 atom stereocenters. The van der Waals surface area contributed by atoms with Crippen molar-refractivity contribution < 1.29 is 19.0 Å². The molecule has 1 amide bonds. The van der Waals surface area contributed by atoms with Crippen LogP contribution in [0, 0.1) is 11.7 Å². The second-order valence-electron chi connectivity index (χ2n) is 5.54. The van der Waals surface area contributed by atoms with Crippen LogP contribution in [0.3, 0.4) is 0 Å². The highest BCUT2D eigenvalue weighted by molar-refractivity contribution is 5.82. The maximum atomic E-state index is 13.5. The number of aliphatic hydroxyl groups excluding tert-OH is 1. The van der Waals surface area contributed by atoms with Crippen LogP contribution in [-0.2, 0) is 11.2 Å². The Bertz CT molecular complexity index is 520. The molecule has 5 heteroatoms. The molecule has 0 spiro atoms. The van der Waals surface area contributed by atoms with Crippen molar-refractivity contribution in [2.75, 3.05) is 6.54 Å². The van der Waals surface area contributed by atoms with Crippen molar-refractivity contribution in [2.24, 2.45) is 5.92 Å². The molecule has 3 rings (SSSR count). The lowest BCUT2D eigenvalue weighted by atomic mass is 10.1. The zero-order chi connectivity index (χ0) is 14.1. The van der Waals surface area contributed by atoms with Crippen molar-refractivity contribution in [1.29, 1.82) is 0 Å². The second kappa shape index (κ2) is 5.40. The maximum Gasteiger partial charge on any atom is 0.261 e. The molecule has 1 fully saturated rings. The first-order valence-corrected chi connectivity index (χ1v) is 7.05. The minimum absolute atomic E-state index is 0.125. The molecule has 1 aliphatic heterocycles. The molecule has 0 aromatic heterocycles. The summed E-state index contributed by atoms with van der Waals surface area (Å²) in [6.45, 7) is 0.457. The highest BCUT2D eigenvalue weighted by Crippen LogP contribution is 2.31. The van der Waals surface area contributed by atoms with Gasteiger partial charge in [-0.1, -0.05) is 18.6 Å². The van der Waals surface area contributed by atoms with Crippen LogP contribution in [0.1, 0.15) is 24.8 Å². The van der Waals surface area contributed by atoms with E-state index in [-0.39, 0.29) is 23.7 Å². The fourth-order valence-corrected chi connectivity index (χ4v) is 2.98. The third-order valence-electron chi connectivity index (χ3n) is 4.16. The summed E-state index contributed by atoms with van der Waals surface area (Å²) in [4.78, 5) is 12.0. The number of hydrogen-bond donors (Lipinski definition) is 2. The Morgan fingerprint density at radius 1 is 1.45 bits per heavy atom. The van der Waals surface area contributed by atoms with Crippen molar-refractivity contribution in [2.45, 2.75) is 37.9 Å². The number of carbonyl (C=O) groups is 1. The van der Waals surface area contributed by atoms with Gasteiger partial charge in [0.2, 0.25) is 0 Å². The average Bonchev–Trinajstić information content (AvgIpc) is 3.03. The minimum atomic E-state index is -0.666. The lowest BCUT2D eigenvalue weighted by Gasteiger charge is -2.17. The van der Waals surface area contributed by atoms with Crippen LogP contribution in [0.4, 0.5) is 4.39 Å². The monoisotopic (exact) mass is 279 g/mol. The van der Waals surface area contributed by atoms with Gasteiger partial charge in [-0.3, -0.25) is 4.79 Å². The number of rotatable bonds is 3. The predicted octanol–water partition coefficient (Wildman–Crippen LogP) is 1.41. The molecule has 108 valence electrons. The molecular weight excluding hydrogens is 261 g/mol. The molecule has 3 unspecified atom stereocenters. The summed E-state index contributed by atoms with van der Waals surface area (Å²) in [6, 6.07) is 4.72. The van der Waals surface area contributed by atoms with Crippen molar-refractivity contribution in [3.8, 4) is 5.75 Å². The van der Waals surface area contributed by atoms with E-state index < -0.39 is 11.9 Å². The molecule has 1 saturated carbocycles. The number of carbonyl (C=O) groups excluding carboxylic acids is 1. The predicted molar refractivity (Wildman–Crippen MR) is 70.9 cm³/mol. The van der Waals surface area contributed by atoms with Crippen LogP contribution in [0.2, 0.25) is 0 Å². The van der Waals surface area contributed by atoms with Crippen molar-refractivity contribution in [1.82, 2.24) is 5.32 Å². The first-order chi connectivity index (χ1) is 9.65. The first-order valence-electron chi connectivity index (χ1n) is 7.05. The van der Waals surface area contributed by atoms with Crippen molar-refractivity contribution >= 4 is 5.91 Å². The highest BCUT2D eigenvalue weighted by Gasteiger charge is 2.32. The quantitative estimate of drug-likeness (QED) is 0.879. The van der Waals surface area contributed by atoms with Gasteiger partial charge in [0.15, 0.2) is 17.7 Å². The largest absolute Gasteiger partial charge is 0.477 e. The minimum Gasteiger partial charge on any atom is -0.477 e. The number of ether oxygens (including phenoxy) is 1. The molecule has 0 saturated heterocycles. The Hall–Kier alpha value is -1.62. The summed E-state index contributed by atoms with van der Waals surface area (Å²) in [6.07, 6.45) is 2.14. The van der Waals surface area contributed by atoms with Gasteiger partial charge in [-0.2, -0.15) is 0 Å². The summed E-state index contributed by atoms with van der Waals surface area (Å²) >= 11 is 0. The standard InChI is InChI=1S/C15H18FNO3/c16-11-5-1-3-9-7-13(20-14(9)11)15(19)17-8-10-4-2-6-12(10)18/h1,3,5,10,12-13,18H,2,4,6-8H2,(H,17,19). The van der Waals surface area contributed by atoms with Gasteiger partial charge in [0.05, 0.1) is 6.10 Å². The maximum absolute atomic E-state index is 13.5. The average molecular weight is 279 g/mol. The van der Waals surface area contributed by atoms with Gasteiger partial charge in [-0.15, -0.1) is 0 Å². The van der Waals surface area contributed by atoms with E-state index in [0.29, 0.717) is 13.0 Å². The summed E-state index contributed by atoms with van der Waals surface area (Å²) in [5.74, 6) is -0.350. The number of fused-ring (bicyclic) bond motifs is 1. The topological polar surface area (TPSA) is 58.6 Å². The lowest BCUT2D eigenvalue weighted by Crippen LogP contribution is -2.41. The van der Waals surface area contributed by atoms with Gasteiger partial charge >= 0.3 is 0 Å². The van der Waals surface area contributed by atoms with Crippen LogP contribution >= 0.6 is 0 Å². The summed E-state index contributed by atoms with van der Waals surface area (Å²) in [5.41, 5.74) is 0.728. The SMILES string of the molecule is O=C(NCC1CCCC1O)C1Cc2cccc(F)c2O1. The smallest absolute Gasteiger partial charge is 0.261 e. The summed E-state index contributed by atoms with van der Waals surface area (Å²) < 4.78 is 18.9. The molecule has 2 N–H and O–H groups in total. The van der Waals surface area contributed by atoms with E-state index in [1.165, 1.54) is 6.07 Å². The van der Waals surface area contributed by atoms with Crippen LogP contribution in [0.5, 0.6) is 5.75 Å². The number of nitrogens with one attached hydrogen (secondary N) is 1. The molecule has 4 nitrogen and oxygen atoms in total. The molecule has 0 radical (unpaired) electrons. The molecule has 1 heterocycles. The molecule has 1 aliphatic carbocycles. The van der Waals surface area contributed by atoms with Gasteiger partial charge in [0, 0.05) is 24.4 Å². The number of para-hydroxylation sites is 1. The zero-order valence-electron chi connectivity index (χ0n) is 11.1. The van der Waals surface area contributed by atoms with E-state index in [9.17, 15) is 14.3 Å². The number of amides is 1. The summed E-state index contributed by atoms with van der Waals surface area (Å²) in [7, 11) is 0. The Morgan fingerprint density at radius 3 is 3.00 bits per heavy atom. The fraction of sp³-hybridized carbons (Fsp3) is 0.533. The molecule has 1 aromatic rings. The summed E-state index contributed by atoms with van der Waals surface area (Å²) in [5, 5.41) is 12.5. The molecule has 1 aromatic carbocycles. The Balaban J connectivity index is 1.56.